The van der Waals surface area contributed by atoms with Crippen molar-refractivity contribution in [3.8, 4) is 0 Å². The molecule has 5 nitrogen and oxygen atoms in total. The molecule has 110 valence electrons. The molecule has 1 saturated heterocycles. The van der Waals surface area contributed by atoms with Gasteiger partial charge in [0.2, 0.25) is 0 Å². The minimum atomic E-state index is -0.423. The number of rotatable bonds is 5. The molecule has 2 rings (SSSR count). The fourth-order valence-electron chi connectivity index (χ4n) is 2.48. The second-order valence-corrected chi connectivity index (χ2v) is 6.59. The second-order valence-electron chi connectivity index (χ2n) is 6.59. The first-order chi connectivity index (χ1) is 8.94. The molecular weight excluding hydrogens is 242 g/mol. The predicted molar refractivity (Wildman–Crippen MR) is 75.2 cm³/mol. The SMILES string of the molecule is CC(C)(C)OC(=O)NCCNC1CCN(C2CC2)C1. The third-order valence-electron chi connectivity index (χ3n) is 3.51. The average Bonchev–Trinajstić information content (AvgIpc) is 3.03. The number of hydrogen-bond acceptors (Lipinski definition) is 4. The van der Waals surface area contributed by atoms with Gasteiger partial charge in [-0.2, -0.15) is 0 Å². The third-order valence-corrected chi connectivity index (χ3v) is 3.51. The maximum atomic E-state index is 11.4. The number of carbonyl (C=O) groups is 1. The number of alkyl carbamates (subject to hydrolysis) is 1. The van der Waals surface area contributed by atoms with E-state index < -0.39 is 5.60 Å². The van der Waals surface area contributed by atoms with E-state index in [1.807, 2.05) is 20.8 Å². The largest absolute Gasteiger partial charge is 0.444 e. The molecule has 0 spiro atoms. The Balaban J connectivity index is 1.51. The Morgan fingerprint density at radius 3 is 2.63 bits per heavy atom. The Hall–Kier alpha value is -0.810. The molecule has 0 aromatic carbocycles. The van der Waals surface area contributed by atoms with Crippen LogP contribution in [0.4, 0.5) is 4.79 Å². The van der Waals surface area contributed by atoms with Crippen molar-refractivity contribution in [1.29, 1.82) is 0 Å². The van der Waals surface area contributed by atoms with E-state index in [4.69, 9.17) is 4.74 Å². The minimum Gasteiger partial charge on any atom is -0.444 e. The lowest BCUT2D eigenvalue weighted by Crippen LogP contribution is -2.40. The minimum absolute atomic E-state index is 0.333. The predicted octanol–water partition coefficient (Wildman–Crippen LogP) is 1.34. The van der Waals surface area contributed by atoms with Gasteiger partial charge < -0.3 is 15.4 Å². The first-order valence-electron chi connectivity index (χ1n) is 7.38. The topological polar surface area (TPSA) is 53.6 Å². The van der Waals surface area contributed by atoms with Crippen molar-refractivity contribution in [3.05, 3.63) is 0 Å². The van der Waals surface area contributed by atoms with Crippen LogP contribution < -0.4 is 10.6 Å². The fourth-order valence-corrected chi connectivity index (χ4v) is 2.48. The van der Waals surface area contributed by atoms with Crippen LogP contribution in [0, 0.1) is 0 Å². The first kappa shape index (κ1) is 14.6. The monoisotopic (exact) mass is 269 g/mol. The molecule has 2 aliphatic rings. The molecule has 2 N–H and O–H groups in total. The molecule has 0 aromatic rings. The van der Waals surface area contributed by atoms with Gasteiger partial charge in [-0.05, 0) is 40.0 Å². The number of ether oxygens (including phenoxy) is 1. The molecule has 1 aliphatic heterocycles. The fraction of sp³-hybridized carbons (Fsp3) is 0.929. The lowest BCUT2D eigenvalue weighted by atomic mass is 10.2. The van der Waals surface area contributed by atoms with Crippen LogP contribution in [0.1, 0.15) is 40.0 Å². The average molecular weight is 269 g/mol. The van der Waals surface area contributed by atoms with E-state index in [0.717, 1.165) is 19.1 Å². The van der Waals surface area contributed by atoms with Gasteiger partial charge in [0.25, 0.3) is 0 Å². The molecule has 1 atom stereocenters. The Labute approximate surface area is 116 Å². The molecular formula is C14H27N3O2. The van der Waals surface area contributed by atoms with Crippen LogP contribution in [-0.4, -0.2) is 54.9 Å². The Morgan fingerprint density at radius 2 is 2.00 bits per heavy atom. The van der Waals surface area contributed by atoms with Gasteiger partial charge in [-0.25, -0.2) is 4.79 Å². The molecule has 0 aromatic heterocycles. The van der Waals surface area contributed by atoms with Gasteiger partial charge in [-0.3, -0.25) is 4.90 Å². The second kappa shape index (κ2) is 6.09. The molecule has 1 unspecified atom stereocenters. The maximum Gasteiger partial charge on any atom is 0.407 e. The van der Waals surface area contributed by atoms with Crippen LogP contribution in [0.3, 0.4) is 0 Å². The Bertz CT molecular complexity index is 310. The van der Waals surface area contributed by atoms with Crippen LogP contribution in [0.15, 0.2) is 0 Å². The number of carbonyl (C=O) groups excluding carboxylic acids is 1. The molecule has 1 heterocycles. The highest BCUT2D eigenvalue weighted by molar-refractivity contribution is 5.67. The lowest BCUT2D eigenvalue weighted by molar-refractivity contribution is 0.0528. The number of likely N-dealkylation sites (tertiary alicyclic amines) is 1. The van der Waals surface area contributed by atoms with E-state index in [2.05, 4.69) is 15.5 Å². The van der Waals surface area contributed by atoms with Crippen molar-refractivity contribution in [3.63, 3.8) is 0 Å². The molecule has 1 aliphatic carbocycles. The van der Waals surface area contributed by atoms with E-state index in [9.17, 15) is 4.79 Å². The van der Waals surface area contributed by atoms with Crippen molar-refractivity contribution in [2.75, 3.05) is 26.2 Å². The zero-order chi connectivity index (χ0) is 13.9. The molecule has 0 bridgehead atoms. The van der Waals surface area contributed by atoms with Crippen LogP contribution in [0.25, 0.3) is 0 Å². The molecule has 1 saturated carbocycles. The van der Waals surface area contributed by atoms with Crippen molar-refractivity contribution in [2.45, 2.75) is 57.7 Å². The van der Waals surface area contributed by atoms with E-state index in [1.54, 1.807) is 0 Å². The summed E-state index contributed by atoms with van der Waals surface area (Å²) in [6.07, 6.45) is 3.66. The molecule has 5 heteroatoms. The van der Waals surface area contributed by atoms with Crippen LogP contribution >= 0.6 is 0 Å². The number of nitrogens with one attached hydrogen (secondary N) is 2. The van der Waals surface area contributed by atoms with Gasteiger partial charge in [0.1, 0.15) is 5.60 Å². The van der Waals surface area contributed by atoms with E-state index >= 15 is 0 Å². The zero-order valence-corrected chi connectivity index (χ0v) is 12.4. The standard InChI is InChI=1S/C14H27N3O2/c1-14(2,3)19-13(18)16-8-7-15-11-6-9-17(10-11)12-4-5-12/h11-12,15H,4-10H2,1-3H3,(H,16,18). The summed E-state index contributed by atoms with van der Waals surface area (Å²) < 4.78 is 5.18. The van der Waals surface area contributed by atoms with Crippen LogP contribution in [0.5, 0.6) is 0 Å². The Kier molecular flexibility index (Phi) is 4.68. The van der Waals surface area contributed by atoms with E-state index in [0.29, 0.717) is 12.6 Å². The summed E-state index contributed by atoms with van der Waals surface area (Å²) >= 11 is 0. The van der Waals surface area contributed by atoms with Gasteiger partial charge in [-0.15, -0.1) is 0 Å². The molecule has 0 radical (unpaired) electrons. The van der Waals surface area contributed by atoms with E-state index in [1.165, 1.54) is 25.8 Å². The quantitative estimate of drug-likeness (QED) is 0.740. The smallest absolute Gasteiger partial charge is 0.407 e. The zero-order valence-electron chi connectivity index (χ0n) is 12.4. The van der Waals surface area contributed by atoms with Gasteiger partial charge in [0, 0.05) is 38.3 Å². The molecule has 19 heavy (non-hydrogen) atoms. The highest BCUT2D eigenvalue weighted by atomic mass is 16.6. The normalized spacial score (nSPS) is 24.5. The van der Waals surface area contributed by atoms with Crippen molar-refractivity contribution in [1.82, 2.24) is 15.5 Å². The number of nitrogens with zero attached hydrogens (tertiary/aromatic N) is 1. The Morgan fingerprint density at radius 1 is 1.26 bits per heavy atom. The number of hydrogen-bond donors (Lipinski definition) is 2. The molecule has 2 fully saturated rings. The summed E-state index contributed by atoms with van der Waals surface area (Å²) in [6.45, 7) is 9.43. The van der Waals surface area contributed by atoms with Gasteiger partial charge in [-0.1, -0.05) is 0 Å². The van der Waals surface area contributed by atoms with Crippen molar-refractivity contribution in [2.24, 2.45) is 0 Å². The number of amides is 1. The van der Waals surface area contributed by atoms with Crippen LogP contribution in [-0.2, 0) is 4.74 Å². The summed E-state index contributed by atoms with van der Waals surface area (Å²) in [5, 5.41) is 6.27. The highest BCUT2D eigenvalue weighted by Crippen LogP contribution is 2.29. The lowest BCUT2D eigenvalue weighted by Gasteiger charge is -2.20. The van der Waals surface area contributed by atoms with Gasteiger partial charge >= 0.3 is 6.09 Å². The first-order valence-corrected chi connectivity index (χ1v) is 7.38. The van der Waals surface area contributed by atoms with Gasteiger partial charge in [0.15, 0.2) is 0 Å². The highest BCUT2D eigenvalue weighted by Gasteiger charge is 2.33. The van der Waals surface area contributed by atoms with Crippen molar-refractivity contribution >= 4 is 6.09 Å². The van der Waals surface area contributed by atoms with Crippen LogP contribution in [0.2, 0.25) is 0 Å². The summed E-state index contributed by atoms with van der Waals surface area (Å²) in [5.74, 6) is 0. The third kappa shape index (κ3) is 5.37. The van der Waals surface area contributed by atoms with E-state index in [-0.39, 0.29) is 6.09 Å². The summed E-state index contributed by atoms with van der Waals surface area (Å²) in [6, 6.07) is 1.45. The maximum absolute atomic E-state index is 11.4. The summed E-state index contributed by atoms with van der Waals surface area (Å²) in [7, 11) is 0. The summed E-state index contributed by atoms with van der Waals surface area (Å²) in [5.41, 5.74) is -0.423. The van der Waals surface area contributed by atoms with Gasteiger partial charge in [0.05, 0.1) is 0 Å². The molecule has 1 amide bonds. The summed E-state index contributed by atoms with van der Waals surface area (Å²) in [4.78, 5) is 14.0. The van der Waals surface area contributed by atoms with Crippen molar-refractivity contribution < 1.29 is 9.53 Å².